The molecule has 2 N–H and O–H groups in total. The number of rotatable bonds is 4. The summed E-state index contributed by atoms with van der Waals surface area (Å²) in [4.78, 5) is 2.33. The van der Waals surface area contributed by atoms with E-state index < -0.39 is 0 Å². The summed E-state index contributed by atoms with van der Waals surface area (Å²) in [6.07, 6.45) is 0. The SMILES string of the molecule is Cc1ccc(C)c(CN(C)Cc2ccc(N)cc2)c1. The number of hydrogen-bond acceptors (Lipinski definition) is 2. The fraction of sp³-hybridized carbons (Fsp3) is 0.294. The highest BCUT2D eigenvalue weighted by Gasteiger charge is 2.04. The van der Waals surface area contributed by atoms with Gasteiger partial charge in [0.15, 0.2) is 0 Å². The fourth-order valence-electron chi connectivity index (χ4n) is 2.25. The van der Waals surface area contributed by atoms with Crippen LogP contribution in [0.25, 0.3) is 0 Å². The minimum Gasteiger partial charge on any atom is -0.399 e. The Morgan fingerprint density at radius 1 is 0.947 bits per heavy atom. The standard InChI is InChI=1S/C17H22N2/c1-13-4-5-14(2)16(10-13)12-19(3)11-15-6-8-17(18)9-7-15/h4-10H,11-12,18H2,1-3H3. The monoisotopic (exact) mass is 254 g/mol. The summed E-state index contributed by atoms with van der Waals surface area (Å²) >= 11 is 0. The summed E-state index contributed by atoms with van der Waals surface area (Å²) in [6, 6.07) is 14.7. The molecule has 0 amide bonds. The van der Waals surface area contributed by atoms with E-state index in [0.29, 0.717) is 0 Å². The summed E-state index contributed by atoms with van der Waals surface area (Å²) in [7, 11) is 2.15. The van der Waals surface area contributed by atoms with Crippen molar-refractivity contribution in [2.24, 2.45) is 0 Å². The van der Waals surface area contributed by atoms with E-state index in [0.717, 1.165) is 18.8 Å². The summed E-state index contributed by atoms with van der Waals surface area (Å²) in [5, 5.41) is 0. The number of anilines is 1. The van der Waals surface area contributed by atoms with Gasteiger partial charge < -0.3 is 5.73 Å². The molecule has 0 saturated heterocycles. The van der Waals surface area contributed by atoms with Crippen LogP contribution >= 0.6 is 0 Å². The molecule has 0 saturated carbocycles. The summed E-state index contributed by atoms with van der Waals surface area (Å²) in [5.74, 6) is 0. The Morgan fingerprint density at radius 2 is 1.63 bits per heavy atom. The van der Waals surface area contributed by atoms with E-state index in [2.05, 4.69) is 56.1 Å². The maximum absolute atomic E-state index is 5.70. The lowest BCUT2D eigenvalue weighted by molar-refractivity contribution is 0.318. The van der Waals surface area contributed by atoms with Crippen molar-refractivity contribution in [3.63, 3.8) is 0 Å². The van der Waals surface area contributed by atoms with Gasteiger partial charge in [-0.15, -0.1) is 0 Å². The van der Waals surface area contributed by atoms with E-state index in [4.69, 9.17) is 5.73 Å². The van der Waals surface area contributed by atoms with E-state index in [-0.39, 0.29) is 0 Å². The minimum atomic E-state index is 0.820. The van der Waals surface area contributed by atoms with Gasteiger partial charge in [0, 0.05) is 18.8 Å². The molecule has 2 aromatic rings. The smallest absolute Gasteiger partial charge is 0.0314 e. The van der Waals surface area contributed by atoms with Gasteiger partial charge in [-0.2, -0.15) is 0 Å². The lowest BCUT2D eigenvalue weighted by atomic mass is 10.1. The van der Waals surface area contributed by atoms with Crippen LogP contribution in [-0.2, 0) is 13.1 Å². The zero-order valence-electron chi connectivity index (χ0n) is 12.0. The van der Waals surface area contributed by atoms with Crippen molar-refractivity contribution in [2.75, 3.05) is 12.8 Å². The summed E-state index contributed by atoms with van der Waals surface area (Å²) in [6.45, 7) is 6.22. The van der Waals surface area contributed by atoms with Crippen LogP contribution in [0, 0.1) is 13.8 Å². The second-order valence-electron chi connectivity index (χ2n) is 5.34. The summed E-state index contributed by atoms with van der Waals surface area (Å²) < 4.78 is 0. The Kier molecular flexibility index (Phi) is 4.23. The topological polar surface area (TPSA) is 29.3 Å². The van der Waals surface area contributed by atoms with Gasteiger partial charge in [-0.05, 0) is 49.7 Å². The molecule has 0 unspecified atom stereocenters. The number of benzene rings is 2. The van der Waals surface area contributed by atoms with Crippen molar-refractivity contribution < 1.29 is 0 Å². The van der Waals surface area contributed by atoms with Crippen LogP contribution in [0.15, 0.2) is 42.5 Å². The van der Waals surface area contributed by atoms with E-state index in [1.807, 2.05) is 12.1 Å². The van der Waals surface area contributed by atoms with E-state index in [1.165, 1.54) is 22.3 Å². The van der Waals surface area contributed by atoms with Gasteiger partial charge in [0.1, 0.15) is 0 Å². The molecule has 0 fully saturated rings. The molecule has 2 heteroatoms. The van der Waals surface area contributed by atoms with Gasteiger partial charge in [0.05, 0.1) is 0 Å². The first kappa shape index (κ1) is 13.6. The molecule has 0 aromatic heterocycles. The second-order valence-corrected chi connectivity index (χ2v) is 5.34. The predicted molar refractivity (Wildman–Crippen MR) is 81.9 cm³/mol. The van der Waals surface area contributed by atoms with Crippen LogP contribution in [0.5, 0.6) is 0 Å². The molecule has 0 radical (unpaired) electrons. The van der Waals surface area contributed by atoms with Crippen LogP contribution in [0.2, 0.25) is 0 Å². The number of aryl methyl sites for hydroxylation is 2. The summed E-state index contributed by atoms with van der Waals surface area (Å²) in [5.41, 5.74) is 11.9. The van der Waals surface area contributed by atoms with Crippen molar-refractivity contribution in [1.82, 2.24) is 4.90 Å². The average molecular weight is 254 g/mol. The van der Waals surface area contributed by atoms with Crippen LogP contribution in [0.3, 0.4) is 0 Å². The van der Waals surface area contributed by atoms with Gasteiger partial charge in [0.2, 0.25) is 0 Å². The highest BCUT2D eigenvalue weighted by molar-refractivity contribution is 5.39. The number of hydrogen-bond donors (Lipinski definition) is 1. The third-order valence-electron chi connectivity index (χ3n) is 3.38. The minimum absolute atomic E-state index is 0.820. The Labute approximate surface area is 115 Å². The van der Waals surface area contributed by atoms with Crippen molar-refractivity contribution >= 4 is 5.69 Å². The number of nitrogens with two attached hydrogens (primary N) is 1. The Balaban J connectivity index is 2.02. The van der Waals surface area contributed by atoms with Crippen LogP contribution in [0.4, 0.5) is 5.69 Å². The molecule has 100 valence electrons. The fourth-order valence-corrected chi connectivity index (χ4v) is 2.25. The maximum atomic E-state index is 5.70. The third kappa shape index (κ3) is 3.83. The molecule has 0 spiro atoms. The molecular formula is C17H22N2. The van der Waals surface area contributed by atoms with Gasteiger partial charge in [-0.3, -0.25) is 4.90 Å². The lowest BCUT2D eigenvalue weighted by Crippen LogP contribution is -2.17. The molecule has 0 atom stereocenters. The largest absolute Gasteiger partial charge is 0.399 e. The normalized spacial score (nSPS) is 10.9. The van der Waals surface area contributed by atoms with E-state index in [9.17, 15) is 0 Å². The molecule has 0 aliphatic heterocycles. The van der Waals surface area contributed by atoms with E-state index >= 15 is 0 Å². The first-order valence-electron chi connectivity index (χ1n) is 6.63. The Hall–Kier alpha value is -1.80. The van der Waals surface area contributed by atoms with Gasteiger partial charge in [0.25, 0.3) is 0 Å². The van der Waals surface area contributed by atoms with E-state index in [1.54, 1.807) is 0 Å². The highest BCUT2D eigenvalue weighted by atomic mass is 15.1. The number of nitrogens with zero attached hydrogens (tertiary/aromatic N) is 1. The average Bonchev–Trinajstić information content (AvgIpc) is 2.37. The Bertz CT molecular complexity index is 544. The first-order valence-corrected chi connectivity index (χ1v) is 6.63. The quantitative estimate of drug-likeness (QED) is 0.846. The van der Waals surface area contributed by atoms with Crippen LogP contribution < -0.4 is 5.73 Å². The van der Waals surface area contributed by atoms with Crippen molar-refractivity contribution in [3.8, 4) is 0 Å². The second kappa shape index (κ2) is 5.89. The zero-order valence-corrected chi connectivity index (χ0v) is 12.0. The molecular weight excluding hydrogens is 232 g/mol. The van der Waals surface area contributed by atoms with Gasteiger partial charge >= 0.3 is 0 Å². The highest BCUT2D eigenvalue weighted by Crippen LogP contribution is 2.14. The zero-order chi connectivity index (χ0) is 13.8. The molecule has 2 aromatic carbocycles. The molecule has 19 heavy (non-hydrogen) atoms. The van der Waals surface area contributed by atoms with Crippen molar-refractivity contribution in [3.05, 3.63) is 64.7 Å². The van der Waals surface area contributed by atoms with Crippen molar-refractivity contribution in [2.45, 2.75) is 26.9 Å². The molecule has 0 bridgehead atoms. The molecule has 2 nitrogen and oxygen atoms in total. The lowest BCUT2D eigenvalue weighted by Gasteiger charge is -2.18. The molecule has 0 aliphatic carbocycles. The predicted octanol–water partition coefficient (Wildman–Crippen LogP) is 3.52. The van der Waals surface area contributed by atoms with Crippen molar-refractivity contribution in [1.29, 1.82) is 0 Å². The Morgan fingerprint density at radius 3 is 2.32 bits per heavy atom. The maximum Gasteiger partial charge on any atom is 0.0314 e. The number of nitrogen functional groups attached to an aromatic ring is 1. The van der Waals surface area contributed by atoms with Crippen LogP contribution in [-0.4, -0.2) is 11.9 Å². The molecule has 2 rings (SSSR count). The molecule has 0 aliphatic rings. The first-order chi connectivity index (χ1) is 9.04. The van der Waals surface area contributed by atoms with Crippen LogP contribution in [0.1, 0.15) is 22.3 Å². The van der Waals surface area contributed by atoms with Gasteiger partial charge in [-0.1, -0.05) is 35.9 Å². The third-order valence-corrected chi connectivity index (χ3v) is 3.38. The van der Waals surface area contributed by atoms with Gasteiger partial charge in [-0.25, -0.2) is 0 Å². The molecule has 0 heterocycles.